The number of nitrogens with one attached hydrogen (secondary N) is 1. The molecule has 1 heterocycles. The fourth-order valence-electron chi connectivity index (χ4n) is 1.68. The predicted molar refractivity (Wildman–Crippen MR) is 62.8 cm³/mol. The van der Waals surface area contributed by atoms with Crippen LogP contribution < -0.4 is 11.2 Å². The van der Waals surface area contributed by atoms with E-state index in [-0.39, 0.29) is 0 Å². The largest absolute Gasteiger partial charge is 0.376 e. The number of nitrogens with zero attached hydrogens (tertiary/aromatic N) is 1. The molecule has 0 aliphatic heterocycles. The van der Waals surface area contributed by atoms with E-state index < -0.39 is 18.0 Å². The monoisotopic (exact) mass is 232 g/mol. The predicted octanol–water partition coefficient (Wildman–Crippen LogP) is 0.0772. The normalized spacial score (nSPS) is 10.4. The summed E-state index contributed by atoms with van der Waals surface area (Å²) in [5.74, 6) is 0. The highest BCUT2D eigenvalue weighted by atomic mass is 16.3. The summed E-state index contributed by atoms with van der Waals surface area (Å²) in [6, 6.07) is 10.8. The number of rotatable bonds is 3. The molecule has 0 saturated carbocycles. The summed E-state index contributed by atoms with van der Waals surface area (Å²) in [5.41, 5.74) is 0.420. The van der Waals surface area contributed by atoms with Crippen LogP contribution in [0.15, 0.2) is 46.0 Å². The van der Waals surface area contributed by atoms with E-state index in [1.165, 1.54) is 6.07 Å². The van der Waals surface area contributed by atoms with Gasteiger partial charge in [-0.25, -0.2) is 4.79 Å². The van der Waals surface area contributed by atoms with Gasteiger partial charge in [0.05, 0.1) is 0 Å². The van der Waals surface area contributed by atoms with Crippen LogP contribution in [0.5, 0.6) is 0 Å². The number of aliphatic hydroxyl groups is 1. The van der Waals surface area contributed by atoms with Crippen molar-refractivity contribution in [2.45, 2.75) is 13.2 Å². The molecule has 0 fully saturated rings. The number of aromatic amines is 1. The molecule has 0 spiro atoms. The Hall–Kier alpha value is -2.14. The Morgan fingerprint density at radius 3 is 2.53 bits per heavy atom. The summed E-state index contributed by atoms with van der Waals surface area (Å²) in [6.45, 7) is -0.447. The molecular weight excluding hydrogens is 220 g/mol. The molecule has 0 atom stereocenters. The second-order valence-electron chi connectivity index (χ2n) is 3.66. The highest BCUT2D eigenvalue weighted by Gasteiger charge is 2.05. The Bertz CT molecular complexity index is 614. The molecule has 0 amide bonds. The number of hydrogen-bond acceptors (Lipinski definition) is 3. The fourth-order valence-corrected chi connectivity index (χ4v) is 1.68. The SMILES string of the molecule is O=c1cc(Cc2ccccc2)n(CO)c(=O)[nH]1. The quantitative estimate of drug-likeness (QED) is 0.786. The molecular formula is C12H12N2O3. The van der Waals surface area contributed by atoms with Crippen molar-refractivity contribution < 1.29 is 5.11 Å². The first-order valence-corrected chi connectivity index (χ1v) is 5.18. The minimum absolute atomic E-state index is 0.431. The Labute approximate surface area is 97.0 Å². The summed E-state index contributed by atoms with van der Waals surface area (Å²) < 4.78 is 1.13. The van der Waals surface area contributed by atoms with Crippen LogP contribution in [0.2, 0.25) is 0 Å². The van der Waals surface area contributed by atoms with Crippen molar-refractivity contribution in [2.75, 3.05) is 0 Å². The zero-order valence-electron chi connectivity index (χ0n) is 9.09. The number of hydrogen-bond donors (Lipinski definition) is 2. The maximum Gasteiger partial charge on any atom is 0.330 e. The molecule has 5 nitrogen and oxygen atoms in total. The molecule has 0 aliphatic carbocycles. The van der Waals surface area contributed by atoms with Gasteiger partial charge in [-0.1, -0.05) is 30.3 Å². The molecule has 0 saturated heterocycles. The smallest absolute Gasteiger partial charge is 0.330 e. The number of H-pyrrole nitrogens is 1. The lowest BCUT2D eigenvalue weighted by atomic mass is 10.1. The topological polar surface area (TPSA) is 75.1 Å². The van der Waals surface area contributed by atoms with Crippen molar-refractivity contribution in [1.82, 2.24) is 9.55 Å². The summed E-state index contributed by atoms with van der Waals surface area (Å²) in [7, 11) is 0. The van der Waals surface area contributed by atoms with Crippen molar-refractivity contribution >= 4 is 0 Å². The molecule has 1 aromatic carbocycles. The van der Waals surface area contributed by atoms with E-state index >= 15 is 0 Å². The first-order chi connectivity index (χ1) is 8.20. The average Bonchev–Trinajstić information content (AvgIpc) is 2.30. The van der Waals surface area contributed by atoms with Gasteiger partial charge in [-0.05, 0) is 5.56 Å². The van der Waals surface area contributed by atoms with Gasteiger partial charge in [0.15, 0.2) is 0 Å². The van der Waals surface area contributed by atoms with Gasteiger partial charge in [0.2, 0.25) is 0 Å². The van der Waals surface area contributed by atoms with Gasteiger partial charge in [-0.3, -0.25) is 14.3 Å². The second-order valence-corrected chi connectivity index (χ2v) is 3.66. The summed E-state index contributed by atoms with van der Waals surface area (Å²) in [6.07, 6.45) is 0.431. The van der Waals surface area contributed by atoms with Gasteiger partial charge in [-0.2, -0.15) is 0 Å². The molecule has 0 aliphatic rings. The molecule has 0 bridgehead atoms. The first-order valence-electron chi connectivity index (χ1n) is 5.18. The average molecular weight is 232 g/mol. The summed E-state index contributed by atoms with van der Waals surface area (Å²) in [5, 5.41) is 9.11. The van der Waals surface area contributed by atoms with Crippen molar-refractivity contribution in [3.05, 3.63) is 68.5 Å². The van der Waals surface area contributed by atoms with E-state index in [1.807, 2.05) is 30.3 Å². The van der Waals surface area contributed by atoms with E-state index in [1.54, 1.807) is 0 Å². The molecule has 88 valence electrons. The van der Waals surface area contributed by atoms with Crippen molar-refractivity contribution in [3.8, 4) is 0 Å². The van der Waals surface area contributed by atoms with Crippen LogP contribution in [-0.4, -0.2) is 14.7 Å². The van der Waals surface area contributed by atoms with E-state index in [0.29, 0.717) is 12.1 Å². The van der Waals surface area contributed by atoms with Crippen LogP contribution in [-0.2, 0) is 13.2 Å². The Kier molecular flexibility index (Phi) is 3.20. The molecule has 17 heavy (non-hydrogen) atoms. The molecule has 0 radical (unpaired) electrons. The first kappa shape index (κ1) is 11.3. The molecule has 2 aromatic rings. The Balaban J connectivity index is 2.45. The van der Waals surface area contributed by atoms with Crippen molar-refractivity contribution in [2.24, 2.45) is 0 Å². The van der Waals surface area contributed by atoms with Crippen LogP contribution in [0, 0.1) is 0 Å². The Morgan fingerprint density at radius 2 is 1.88 bits per heavy atom. The van der Waals surface area contributed by atoms with Gasteiger partial charge in [-0.15, -0.1) is 0 Å². The van der Waals surface area contributed by atoms with E-state index in [2.05, 4.69) is 4.98 Å². The number of aromatic nitrogens is 2. The third-order valence-corrected chi connectivity index (χ3v) is 2.49. The van der Waals surface area contributed by atoms with Crippen molar-refractivity contribution in [3.63, 3.8) is 0 Å². The number of benzene rings is 1. The summed E-state index contributed by atoms with van der Waals surface area (Å²) in [4.78, 5) is 24.8. The second kappa shape index (κ2) is 4.80. The third-order valence-electron chi connectivity index (χ3n) is 2.49. The van der Waals surface area contributed by atoms with Gasteiger partial charge in [0.25, 0.3) is 5.56 Å². The van der Waals surface area contributed by atoms with E-state index in [9.17, 15) is 9.59 Å². The van der Waals surface area contributed by atoms with Gasteiger partial charge < -0.3 is 5.11 Å². The molecule has 5 heteroatoms. The zero-order valence-corrected chi connectivity index (χ0v) is 9.09. The lowest BCUT2D eigenvalue weighted by molar-refractivity contribution is 0.200. The molecule has 2 N–H and O–H groups in total. The van der Waals surface area contributed by atoms with Crippen LogP contribution in [0.3, 0.4) is 0 Å². The Morgan fingerprint density at radius 1 is 1.18 bits per heavy atom. The maximum absolute atomic E-state index is 11.4. The maximum atomic E-state index is 11.4. The van der Waals surface area contributed by atoms with Gasteiger partial charge in [0, 0.05) is 18.2 Å². The zero-order chi connectivity index (χ0) is 12.3. The van der Waals surface area contributed by atoms with E-state index in [0.717, 1.165) is 10.1 Å². The molecule has 0 unspecified atom stereocenters. The highest BCUT2D eigenvalue weighted by molar-refractivity contribution is 5.21. The van der Waals surface area contributed by atoms with E-state index in [4.69, 9.17) is 5.11 Å². The lowest BCUT2D eigenvalue weighted by Gasteiger charge is -2.08. The minimum Gasteiger partial charge on any atom is -0.376 e. The minimum atomic E-state index is -0.592. The van der Waals surface area contributed by atoms with Gasteiger partial charge in [0.1, 0.15) is 6.73 Å². The summed E-state index contributed by atoms with van der Waals surface area (Å²) >= 11 is 0. The van der Waals surface area contributed by atoms with Crippen LogP contribution >= 0.6 is 0 Å². The third kappa shape index (κ3) is 2.51. The van der Waals surface area contributed by atoms with Crippen molar-refractivity contribution in [1.29, 1.82) is 0 Å². The van der Waals surface area contributed by atoms with Crippen LogP contribution in [0.1, 0.15) is 11.3 Å². The van der Waals surface area contributed by atoms with Gasteiger partial charge >= 0.3 is 5.69 Å². The van der Waals surface area contributed by atoms with Crippen LogP contribution in [0.4, 0.5) is 0 Å². The molecule has 1 aromatic heterocycles. The highest BCUT2D eigenvalue weighted by Crippen LogP contribution is 2.05. The number of aliphatic hydroxyl groups excluding tert-OH is 1. The lowest BCUT2D eigenvalue weighted by Crippen LogP contribution is -2.32. The molecule has 2 rings (SSSR count). The fraction of sp³-hybridized carbons (Fsp3) is 0.167. The van der Waals surface area contributed by atoms with Crippen LogP contribution in [0.25, 0.3) is 0 Å². The standard InChI is InChI=1S/C12H12N2O3/c15-8-14-10(7-11(16)13-12(14)17)6-9-4-2-1-3-5-9/h1-5,7,15H,6,8H2,(H,13,16,17).